The monoisotopic (exact) mass is 334 g/mol. The van der Waals surface area contributed by atoms with Gasteiger partial charge >= 0.3 is 0 Å². The molecule has 2 aliphatic rings. The number of fused-ring (bicyclic) bond motifs is 3. The number of nitrogens with zero attached hydrogens (tertiary/aromatic N) is 4. The van der Waals surface area contributed by atoms with Crippen LogP contribution in [0.3, 0.4) is 0 Å². The molecular formula is C20H22N4O. The molecule has 4 rings (SSSR count). The minimum atomic E-state index is -0.0196. The van der Waals surface area contributed by atoms with Crippen molar-refractivity contribution in [2.75, 3.05) is 0 Å². The van der Waals surface area contributed by atoms with Gasteiger partial charge in [0, 0.05) is 30.2 Å². The minimum Gasteiger partial charge on any atom is -0.292 e. The Morgan fingerprint density at radius 2 is 2.28 bits per heavy atom. The number of hydrogen-bond acceptors (Lipinski definition) is 4. The normalized spacial score (nSPS) is 20.7. The Balaban J connectivity index is 1.77. The van der Waals surface area contributed by atoms with Crippen molar-refractivity contribution >= 4 is 5.78 Å². The van der Waals surface area contributed by atoms with Crippen LogP contribution in [0.2, 0.25) is 0 Å². The molecule has 0 spiro atoms. The predicted octanol–water partition coefficient (Wildman–Crippen LogP) is 3.81. The number of carbonyl (C=O) groups is 1. The van der Waals surface area contributed by atoms with E-state index in [0.29, 0.717) is 35.3 Å². The molecule has 0 aromatic carbocycles. The van der Waals surface area contributed by atoms with Crippen LogP contribution in [0.1, 0.15) is 73.3 Å². The first-order chi connectivity index (χ1) is 11.9. The average molecular weight is 334 g/mol. The van der Waals surface area contributed by atoms with Crippen LogP contribution in [-0.2, 0) is 6.42 Å². The zero-order chi connectivity index (χ0) is 17.8. The summed E-state index contributed by atoms with van der Waals surface area (Å²) in [7, 11) is 0. The highest BCUT2D eigenvalue weighted by Crippen LogP contribution is 2.57. The van der Waals surface area contributed by atoms with Gasteiger partial charge in [0.05, 0.1) is 17.3 Å². The van der Waals surface area contributed by atoms with Gasteiger partial charge in [0.25, 0.3) is 0 Å². The smallest absolute Gasteiger partial charge is 0.183 e. The molecule has 2 aromatic rings. The molecule has 128 valence electrons. The van der Waals surface area contributed by atoms with Gasteiger partial charge in [0.2, 0.25) is 0 Å². The zero-order valence-corrected chi connectivity index (χ0v) is 14.9. The topological polar surface area (TPSA) is 71.6 Å². The van der Waals surface area contributed by atoms with Crippen molar-refractivity contribution in [2.45, 2.75) is 52.4 Å². The van der Waals surface area contributed by atoms with Gasteiger partial charge in [-0.1, -0.05) is 27.2 Å². The van der Waals surface area contributed by atoms with Crippen LogP contribution >= 0.6 is 0 Å². The van der Waals surface area contributed by atoms with E-state index >= 15 is 0 Å². The molecule has 0 unspecified atom stereocenters. The van der Waals surface area contributed by atoms with E-state index in [-0.39, 0.29) is 11.2 Å². The fraction of sp³-hybridized carbons (Fsp3) is 0.500. The lowest BCUT2D eigenvalue weighted by Crippen LogP contribution is -2.17. The summed E-state index contributed by atoms with van der Waals surface area (Å²) in [6.45, 7) is 6.36. The lowest BCUT2D eigenvalue weighted by molar-refractivity contribution is 0.0922. The molecule has 1 fully saturated rings. The second-order valence-electron chi connectivity index (χ2n) is 8.06. The van der Waals surface area contributed by atoms with E-state index in [1.807, 2.05) is 4.68 Å². The van der Waals surface area contributed by atoms with E-state index in [2.05, 4.69) is 36.9 Å². The summed E-state index contributed by atoms with van der Waals surface area (Å²) < 4.78 is 1.82. The number of rotatable bonds is 5. The molecule has 2 atom stereocenters. The highest BCUT2D eigenvalue weighted by molar-refractivity contribution is 5.96. The Morgan fingerprint density at radius 3 is 3.00 bits per heavy atom. The second kappa shape index (κ2) is 5.52. The molecule has 0 saturated heterocycles. The molecule has 0 amide bonds. The van der Waals surface area contributed by atoms with Gasteiger partial charge in [-0.05, 0) is 30.2 Å². The quantitative estimate of drug-likeness (QED) is 0.780. The zero-order valence-electron chi connectivity index (χ0n) is 14.9. The Morgan fingerprint density at radius 1 is 1.48 bits per heavy atom. The van der Waals surface area contributed by atoms with Gasteiger partial charge in [0.1, 0.15) is 5.69 Å². The van der Waals surface area contributed by atoms with E-state index < -0.39 is 0 Å². The predicted molar refractivity (Wildman–Crippen MR) is 93.6 cm³/mol. The molecular weight excluding hydrogens is 312 g/mol. The third-order valence-electron chi connectivity index (χ3n) is 5.72. The van der Waals surface area contributed by atoms with Crippen molar-refractivity contribution in [3.63, 3.8) is 0 Å². The first-order valence-electron chi connectivity index (χ1n) is 8.95. The standard InChI is InChI=1S/C20H22N4O/c1-4-20(2,3)10-16(25)18-15-9-13-8-14(13)19(15)24(23-18)17-7-12(11-21)5-6-22-17/h5-7,13-14H,4,8-10H2,1-3H3/t13-,14-/m1/s1. The van der Waals surface area contributed by atoms with Crippen molar-refractivity contribution in [1.29, 1.82) is 5.26 Å². The highest BCUT2D eigenvalue weighted by atomic mass is 16.1. The average Bonchev–Trinajstić information content (AvgIpc) is 3.10. The third-order valence-corrected chi connectivity index (χ3v) is 5.72. The number of hydrogen-bond donors (Lipinski definition) is 0. The van der Waals surface area contributed by atoms with Gasteiger partial charge in [0.15, 0.2) is 11.6 Å². The second-order valence-corrected chi connectivity index (χ2v) is 8.06. The van der Waals surface area contributed by atoms with Crippen molar-refractivity contribution in [2.24, 2.45) is 11.3 Å². The fourth-order valence-electron chi connectivity index (χ4n) is 3.76. The highest BCUT2D eigenvalue weighted by Gasteiger charge is 2.50. The van der Waals surface area contributed by atoms with E-state index in [4.69, 9.17) is 5.26 Å². The van der Waals surface area contributed by atoms with E-state index in [9.17, 15) is 4.79 Å². The maximum Gasteiger partial charge on any atom is 0.183 e. The largest absolute Gasteiger partial charge is 0.292 e. The van der Waals surface area contributed by atoms with Crippen molar-refractivity contribution in [1.82, 2.24) is 14.8 Å². The number of pyridine rings is 1. The van der Waals surface area contributed by atoms with Gasteiger partial charge in [-0.2, -0.15) is 10.4 Å². The SMILES string of the molecule is CCC(C)(C)CC(=O)c1nn(-c2cc(C#N)ccn2)c2c1C[C@H]1C[C@@H]21. The minimum absolute atomic E-state index is 0.0196. The summed E-state index contributed by atoms with van der Waals surface area (Å²) in [4.78, 5) is 17.3. The molecule has 2 aliphatic carbocycles. The number of aromatic nitrogens is 3. The lowest BCUT2D eigenvalue weighted by atomic mass is 9.83. The Bertz CT molecular complexity index is 903. The molecule has 0 aliphatic heterocycles. The summed E-state index contributed by atoms with van der Waals surface area (Å²) in [6.07, 6.45) is 5.21. The first kappa shape index (κ1) is 16.0. The van der Waals surface area contributed by atoms with Crippen molar-refractivity contribution < 1.29 is 4.79 Å². The van der Waals surface area contributed by atoms with E-state index in [0.717, 1.165) is 24.1 Å². The fourth-order valence-corrected chi connectivity index (χ4v) is 3.76. The first-order valence-corrected chi connectivity index (χ1v) is 8.95. The number of Topliss-reactive ketones (excluding diaryl/α,β-unsaturated/α-hetero) is 1. The number of nitriles is 1. The maximum absolute atomic E-state index is 12.9. The van der Waals surface area contributed by atoms with Crippen LogP contribution in [0.5, 0.6) is 0 Å². The van der Waals surface area contributed by atoms with Crippen LogP contribution in [0.4, 0.5) is 0 Å². The molecule has 0 radical (unpaired) electrons. The number of carbonyl (C=O) groups excluding carboxylic acids is 1. The Hall–Kier alpha value is -2.48. The van der Waals surface area contributed by atoms with Crippen LogP contribution in [0.15, 0.2) is 18.3 Å². The van der Waals surface area contributed by atoms with Crippen molar-refractivity contribution in [3.8, 4) is 11.9 Å². The number of ketones is 1. The van der Waals surface area contributed by atoms with Gasteiger partial charge < -0.3 is 0 Å². The molecule has 2 heterocycles. The summed E-state index contributed by atoms with van der Waals surface area (Å²) in [6, 6.07) is 5.57. The molecule has 0 bridgehead atoms. The van der Waals surface area contributed by atoms with Crippen LogP contribution < -0.4 is 0 Å². The van der Waals surface area contributed by atoms with E-state index in [1.165, 1.54) is 6.42 Å². The third kappa shape index (κ3) is 2.66. The van der Waals surface area contributed by atoms with Gasteiger partial charge in [-0.15, -0.1) is 0 Å². The summed E-state index contributed by atoms with van der Waals surface area (Å²) in [5.74, 6) is 1.91. The van der Waals surface area contributed by atoms with Gasteiger partial charge in [-0.3, -0.25) is 4.79 Å². The summed E-state index contributed by atoms with van der Waals surface area (Å²) in [5, 5.41) is 13.8. The molecule has 1 saturated carbocycles. The summed E-state index contributed by atoms with van der Waals surface area (Å²) >= 11 is 0. The molecule has 5 heteroatoms. The Labute approximate surface area is 147 Å². The molecule has 0 N–H and O–H groups in total. The van der Waals surface area contributed by atoms with E-state index in [1.54, 1.807) is 18.3 Å². The molecule has 2 aromatic heterocycles. The van der Waals surface area contributed by atoms with Gasteiger partial charge in [-0.25, -0.2) is 9.67 Å². The molecule has 5 nitrogen and oxygen atoms in total. The van der Waals surface area contributed by atoms with Crippen LogP contribution in [-0.4, -0.2) is 20.5 Å². The Kier molecular flexibility index (Phi) is 3.54. The maximum atomic E-state index is 12.9. The van der Waals surface area contributed by atoms with Crippen LogP contribution in [0.25, 0.3) is 5.82 Å². The van der Waals surface area contributed by atoms with Crippen LogP contribution in [0, 0.1) is 22.7 Å². The summed E-state index contributed by atoms with van der Waals surface area (Å²) in [5.41, 5.74) is 3.41. The van der Waals surface area contributed by atoms with Crippen molar-refractivity contribution in [3.05, 3.63) is 40.8 Å². The lowest BCUT2D eigenvalue weighted by Gasteiger charge is -2.20. The molecule has 25 heavy (non-hydrogen) atoms.